The predicted molar refractivity (Wildman–Crippen MR) is 79.0 cm³/mol. The third-order valence-corrected chi connectivity index (χ3v) is 3.60. The zero-order chi connectivity index (χ0) is 15.1. The van der Waals surface area contributed by atoms with E-state index in [0.717, 1.165) is 0 Å². The van der Waals surface area contributed by atoms with E-state index in [2.05, 4.69) is 10.6 Å². The summed E-state index contributed by atoms with van der Waals surface area (Å²) >= 11 is 1.38. The SMILES string of the molecule is O=C(NCCCNC(=O)c1cccc[n+]1[O-])c1cccs1. The number of pyridine rings is 1. The molecule has 0 aliphatic heterocycles. The summed E-state index contributed by atoms with van der Waals surface area (Å²) < 4.78 is 0.522. The Balaban J connectivity index is 1.67. The topological polar surface area (TPSA) is 85.1 Å². The van der Waals surface area contributed by atoms with Gasteiger partial charge in [-0.3, -0.25) is 9.59 Å². The van der Waals surface area contributed by atoms with Crippen molar-refractivity contribution in [2.45, 2.75) is 6.42 Å². The van der Waals surface area contributed by atoms with Gasteiger partial charge in [0.25, 0.3) is 11.6 Å². The minimum absolute atomic E-state index is 0.0557. The zero-order valence-electron chi connectivity index (χ0n) is 11.2. The molecule has 2 aromatic heterocycles. The van der Waals surface area contributed by atoms with Crippen LogP contribution in [-0.2, 0) is 0 Å². The summed E-state index contributed by atoms with van der Waals surface area (Å²) in [7, 11) is 0. The van der Waals surface area contributed by atoms with Gasteiger partial charge < -0.3 is 15.8 Å². The molecule has 2 aromatic rings. The molecule has 0 aromatic carbocycles. The average Bonchev–Trinajstić information content (AvgIpc) is 3.01. The highest BCUT2D eigenvalue weighted by molar-refractivity contribution is 7.12. The lowest BCUT2D eigenvalue weighted by molar-refractivity contribution is -0.607. The summed E-state index contributed by atoms with van der Waals surface area (Å²) in [5.41, 5.74) is 0.0557. The van der Waals surface area contributed by atoms with Gasteiger partial charge in [0.15, 0.2) is 6.20 Å². The molecule has 0 atom stereocenters. The molecule has 21 heavy (non-hydrogen) atoms. The van der Waals surface area contributed by atoms with Crippen molar-refractivity contribution >= 4 is 23.2 Å². The Kier molecular flexibility index (Phi) is 5.28. The van der Waals surface area contributed by atoms with Gasteiger partial charge in [0, 0.05) is 25.2 Å². The molecule has 2 amide bonds. The van der Waals surface area contributed by atoms with Crippen LogP contribution in [0.5, 0.6) is 0 Å². The quantitative estimate of drug-likeness (QED) is 0.473. The first-order chi connectivity index (χ1) is 10.2. The molecule has 0 unspecified atom stereocenters. The number of nitrogens with zero attached hydrogens (tertiary/aromatic N) is 1. The monoisotopic (exact) mass is 305 g/mol. The molecule has 6 nitrogen and oxygen atoms in total. The molecular formula is C14H15N3O3S. The molecule has 2 N–H and O–H groups in total. The minimum atomic E-state index is -0.421. The van der Waals surface area contributed by atoms with Gasteiger partial charge in [0.05, 0.1) is 4.88 Å². The van der Waals surface area contributed by atoms with Crippen LogP contribution in [0.15, 0.2) is 41.9 Å². The van der Waals surface area contributed by atoms with Crippen molar-refractivity contribution in [2.75, 3.05) is 13.1 Å². The molecule has 0 bridgehead atoms. The van der Waals surface area contributed by atoms with Gasteiger partial charge in [-0.25, -0.2) is 0 Å². The highest BCUT2D eigenvalue weighted by atomic mass is 32.1. The van der Waals surface area contributed by atoms with Gasteiger partial charge in [0.1, 0.15) is 0 Å². The van der Waals surface area contributed by atoms with Gasteiger partial charge in [0.2, 0.25) is 0 Å². The van der Waals surface area contributed by atoms with E-state index in [-0.39, 0.29) is 11.6 Å². The van der Waals surface area contributed by atoms with Gasteiger partial charge in [-0.2, -0.15) is 4.73 Å². The van der Waals surface area contributed by atoms with Crippen LogP contribution < -0.4 is 15.4 Å². The van der Waals surface area contributed by atoms with Crippen molar-refractivity contribution in [3.8, 4) is 0 Å². The van der Waals surface area contributed by atoms with Crippen molar-refractivity contribution in [1.29, 1.82) is 0 Å². The summed E-state index contributed by atoms with van der Waals surface area (Å²) in [6, 6.07) is 8.22. The number of carbonyl (C=O) groups is 2. The third-order valence-electron chi connectivity index (χ3n) is 2.73. The van der Waals surface area contributed by atoms with Crippen molar-refractivity contribution in [1.82, 2.24) is 10.6 Å². The lowest BCUT2D eigenvalue weighted by Crippen LogP contribution is -2.39. The number of rotatable bonds is 6. The smallest absolute Gasteiger partial charge is 0.317 e. The van der Waals surface area contributed by atoms with Crippen LogP contribution >= 0.6 is 11.3 Å². The summed E-state index contributed by atoms with van der Waals surface area (Å²) in [6.45, 7) is 0.849. The number of amides is 2. The fourth-order valence-corrected chi connectivity index (χ4v) is 2.32. The zero-order valence-corrected chi connectivity index (χ0v) is 12.1. The number of hydrogen-bond acceptors (Lipinski definition) is 4. The summed E-state index contributed by atoms with van der Waals surface area (Å²) in [5.74, 6) is -0.535. The van der Waals surface area contributed by atoms with Crippen molar-refractivity contribution < 1.29 is 14.3 Å². The maximum Gasteiger partial charge on any atom is 0.317 e. The first kappa shape index (κ1) is 15.0. The number of carbonyl (C=O) groups excluding carboxylic acids is 2. The van der Waals surface area contributed by atoms with E-state index in [4.69, 9.17) is 0 Å². The Labute approximate surface area is 126 Å². The van der Waals surface area contributed by atoms with E-state index in [1.165, 1.54) is 23.6 Å². The minimum Gasteiger partial charge on any atom is -0.618 e. The summed E-state index contributed by atoms with van der Waals surface area (Å²) in [4.78, 5) is 24.0. The maximum absolute atomic E-state index is 11.7. The van der Waals surface area contributed by atoms with Crippen molar-refractivity contribution in [3.63, 3.8) is 0 Å². The number of thiophene rings is 1. The standard InChI is InChI=1S/C14H15N3O3S/c18-13(11-5-1-2-9-17(11)20)15-7-4-8-16-14(19)12-6-3-10-21-12/h1-3,5-6,9-10H,4,7-8H2,(H,15,18)(H,16,19). The van der Waals surface area contributed by atoms with E-state index in [9.17, 15) is 14.8 Å². The molecule has 0 aliphatic rings. The average molecular weight is 305 g/mol. The van der Waals surface area contributed by atoms with E-state index in [1.54, 1.807) is 18.2 Å². The highest BCUT2D eigenvalue weighted by Crippen LogP contribution is 2.07. The highest BCUT2D eigenvalue weighted by Gasteiger charge is 2.13. The normalized spacial score (nSPS) is 10.1. The van der Waals surface area contributed by atoms with Gasteiger partial charge in [-0.05, 0) is 23.9 Å². The molecule has 0 fully saturated rings. The van der Waals surface area contributed by atoms with E-state index < -0.39 is 5.91 Å². The fourth-order valence-electron chi connectivity index (χ4n) is 1.68. The largest absolute Gasteiger partial charge is 0.618 e. The van der Waals surface area contributed by atoms with Crippen LogP contribution in [0.2, 0.25) is 0 Å². The van der Waals surface area contributed by atoms with Crippen LogP contribution in [0.4, 0.5) is 0 Å². The summed E-state index contributed by atoms with van der Waals surface area (Å²) in [5, 5.41) is 18.6. The van der Waals surface area contributed by atoms with E-state index in [1.807, 2.05) is 11.4 Å². The Hall–Kier alpha value is -2.41. The molecule has 7 heteroatoms. The number of aromatic nitrogens is 1. The first-order valence-electron chi connectivity index (χ1n) is 6.46. The second-order valence-electron chi connectivity index (χ2n) is 4.25. The van der Waals surface area contributed by atoms with Gasteiger partial charge in [-0.1, -0.05) is 6.07 Å². The molecule has 0 spiro atoms. The van der Waals surface area contributed by atoms with Gasteiger partial charge in [-0.15, -0.1) is 11.3 Å². The summed E-state index contributed by atoms with van der Waals surface area (Å²) in [6.07, 6.45) is 1.87. The molecule has 0 saturated carbocycles. The lowest BCUT2D eigenvalue weighted by atomic mass is 10.3. The fraction of sp³-hybridized carbons (Fsp3) is 0.214. The van der Waals surface area contributed by atoms with Crippen LogP contribution in [0.25, 0.3) is 0 Å². The maximum atomic E-state index is 11.7. The second-order valence-corrected chi connectivity index (χ2v) is 5.20. The van der Waals surface area contributed by atoms with Crippen molar-refractivity contribution in [3.05, 3.63) is 57.7 Å². The van der Waals surface area contributed by atoms with Crippen LogP contribution in [0.1, 0.15) is 26.6 Å². The van der Waals surface area contributed by atoms with Gasteiger partial charge >= 0.3 is 5.91 Å². The number of hydrogen-bond donors (Lipinski definition) is 2. The Morgan fingerprint density at radius 3 is 2.52 bits per heavy atom. The molecule has 110 valence electrons. The Morgan fingerprint density at radius 1 is 1.10 bits per heavy atom. The second kappa shape index (κ2) is 7.39. The molecular weight excluding hydrogens is 290 g/mol. The van der Waals surface area contributed by atoms with E-state index >= 15 is 0 Å². The number of nitrogens with one attached hydrogen (secondary N) is 2. The molecule has 0 saturated heterocycles. The molecule has 2 rings (SSSR count). The van der Waals surface area contributed by atoms with E-state index in [0.29, 0.717) is 29.1 Å². The van der Waals surface area contributed by atoms with Crippen LogP contribution in [0, 0.1) is 5.21 Å². The Bertz CT molecular complexity index is 614. The predicted octanol–water partition coefficient (Wildman–Crippen LogP) is 0.931. The van der Waals surface area contributed by atoms with Crippen molar-refractivity contribution in [2.24, 2.45) is 0 Å². The molecule has 0 radical (unpaired) electrons. The third kappa shape index (κ3) is 4.28. The molecule has 0 aliphatic carbocycles. The van der Waals surface area contributed by atoms with Crippen LogP contribution in [0.3, 0.4) is 0 Å². The lowest BCUT2D eigenvalue weighted by Gasteiger charge is -2.06. The Morgan fingerprint density at radius 2 is 1.86 bits per heavy atom. The van der Waals surface area contributed by atoms with Crippen LogP contribution in [-0.4, -0.2) is 24.9 Å². The first-order valence-corrected chi connectivity index (χ1v) is 7.34. The molecule has 2 heterocycles.